The minimum absolute atomic E-state index is 0.0139. The van der Waals surface area contributed by atoms with Crippen LogP contribution in [0.25, 0.3) is 0 Å². The van der Waals surface area contributed by atoms with Gasteiger partial charge in [-0.05, 0) is 26.0 Å². The minimum Gasteiger partial charge on any atom is -0.473 e. The molecule has 118 valence electrons. The number of likely N-dealkylation sites (N-methyl/N-ethyl adjacent to an activating group) is 1. The Labute approximate surface area is 125 Å². The Morgan fingerprint density at radius 3 is 2.71 bits per heavy atom. The number of pyridine rings is 1. The highest BCUT2D eigenvalue weighted by molar-refractivity contribution is 5.54. The number of hydrogen-bond acceptors (Lipinski definition) is 6. The maximum Gasteiger partial charge on any atom is 0.239 e. The Bertz CT molecular complexity index is 473. The van der Waals surface area contributed by atoms with Gasteiger partial charge in [-0.2, -0.15) is 4.98 Å². The van der Waals surface area contributed by atoms with Crippen molar-refractivity contribution in [3.63, 3.8) is 0 Å². The first-order valence-corrected chi connectivity index (χ1v) is 7.34. The quantitative estimate of drug-likeness (QED) is 0.855. The second-order valence-electron chi connectivity index (χ2n) is 5.92. The number of aliphatic hydroxyl groups is 1. The molecule has 0 bridgehead atoms. The highest BCUT2D eigenvalue weighted by Gasteiger charge is 2.31. The molecule has 21 heavy (non-hydrogen) atoms. The zero-order valence-corrected chi connectivity index (χ0v) is 13.0. The van der Waals surface area contributed by atoms with Crippen molar-refractivity contribution in [3.8, 4) is 5.88 Å². The van der Waals surface area contributed by atoms with Crippen molar-refractivity contribution < 1.29 is 14.6 Å². The average molecular weight is 295 g/mol. The Kier molecular flexibility index (Phi) is 4.90. The molecule has 0 saturated carbocycles. The van der Waals surface area contributed by atoms with Gasteiger partial charge in [0.15, 0.2) is 0 Å². The van der Waals surface area contributed by atoms with E-state index in [0.29, 0.717) is 44.2 Å². The number of ether oxygens (including phenoxy) is 2. The van der Waals surface area contributed by atoms with Crippen molar-refractivity contribution in [1.29, 1.82) is 0 Å². The van der Waals surface area contributed by atoms with Gasteiger partial charge in [-0.25, -0.2) is 0 Å². The average Bonchev–Trinajstić information content (AvgIpc) is 2.41. The molecule has 3 N–H and O–H groups in total. The molecule has 1 aliphatic heterocycles. The fraction of sp³-hybridized carbons (Fsp3) is 0.667. The van der Waals surface area contributed by atoms with Crippen LogP contribution < -0.4 is 15.4 Å². The number of rotatable bonds is 5. The van der Waals surface area contributed by atoms with Gasteiger partial charge in [-0.15, -0.1) is 0 Å². The van der Waals surface area contributed by atoms with E-state index in [9.17, 15) is 5.11 Å². The van der Waals surface area contributed by atoms with Gasteiger partial charge >= 0.3 is 0 Å². The molecule has 0 radical (unpaired) electrons. The van der Waals surface area contributed by atoms with Gasteiger partial charge in [0.25, 0.3) is 0 Å². The molecule has 2 rings (SSSR count). The van der Waals surface area contributed by atoms with Gasteiger partial charge in [0.1, 0.15) is 5.82 Å². The van der Waals surface area contributed by atoms with Gasteiger partial charge in [0, 0.05) is 39.6 Å². The van der Waals surface area contributed by atoms with E-state index in [-0.39, 0.29) is 6.10 Å². The molecule has 1 aromatic rings. The lowest BCUT2D eigenvalue weighted by Gasteiger charge is -2.35. The first-order valence-electron chi connectivity index (χ1n) is 7.34. The summed E-state index contributed by atoms with van der Waals surface area (Å²) in [5.74, 6) is 1.17. The summed E-state index contributed by atoms with van der Waals surface area (Å²) in [4.78, 5) is 6.37. The Morgan fingerprint density at radius 2 is 2.10 bits per heavy atom. The topological polar surface area (TPSA) is 80.8 Å². The third kappa shape index (κ3) is 4.22. The highest BCUT2D eigenvalue weighted by Crippen LogP contribution is 2.27. The first kappa shape index (κ1) is 15.9. The van der Waals surface area contributed by atoms with Crippen LogP contribution in [0.4, 0.5) is 11.5 Å². The molecule has 1 saturated heterocycles. The van der Waals surface area contributed by atoms with E-state index in [4.69, 9.17) is 15.2 Å². The molecule has 6 nitrogen and oxygen atoms in total. The molecular formula is C15H25N3O3. The molecule has 1 aromatic heterocycles. The summed E-state index contributed by atoms with van der Waals surface area (Å²) in [7, 11) is 1.91. The van der Waals surface area contributed by atoms with Crippen LogP contribution in [0.1, 0.15) is 26.7 Å². The molecule has 0 unspecified atom stereocenters. The van der Waals surface area contributed by atoms with Crippen molar-refractivity contribution in [2.24, 2.45) is 0 Å². The number of aromatic nitrogens is 1. The minimum atomic E-state index is -0.727. The largest absolute Gasteiger partial charge is 0.473 e. The summed E-state index contributed by atoms with van der Waals surface area (Å²) in [5, 5.41) is 10.6. The Balaban J connectivity index is 2.09. The monoisotopic (exact) mass is 295 g/mol. The molecule has 2 heterocycles. The highest BCUT2D eigenvalue weighted by atomic mass is 16.5. The Hall–Kier alpha value is -1.53. The van der Waals surface area contributed by atoms with Crippen molar-refractivity contribution in [1.82, 2.24) is 4.98 Å². The fourth-order valence-electron chi connectivity index (χ4n) is 2.40. The van der Waals surface area contributed by atoms with Crippen LogP contribution in [0.5, 0.6) is 5.88 Å². The van der Waals surface area contributed by atoms with Crippen molar-refractivity contribution in [2.75, 3.05) is 37.4 Å². The lowest BCUT2D eigenvalue weighted by molar-refractivity contribution is -0.0573. The van der Waals surface area contributed by atoms with Gasteiger partial charge < -0.3 is 25.2 Å². The van der Waals surface area contributed by atoms with E-state index < -0.39 is 5.60 Å². The summed E-state index contributed by atoms with van der Waals surface area (Å²) in [5.41, 5.74) is 5.67. The van der Waals surface area contributed by atoms with E-state index in [2.05, 4.69) is 4.98 Å². The van der Waals surface area contributed by atoms with Crippen LogP contribution in [0.15, 0.2) is 12.1 Å². The molecule has 0 spiro atoms. The summed E-state index contributed by atoms with van der Waals surface area (Å²) >= 11 is 0. The number of nitrogens with zero attached hydrogens (tertiary/aromatic N) is 2. The molecular weight excluding hydrogens is 270 g/mol. The van der Waals surface area contributed by atoms with Gasteiger partial charge in [0.05, 0.1) is 17.4 Å². The molecule has 6 heteroatoms. The molecule has 0 aromatic carbocycles. The summed E-state index contributed by atoms with van der Waals surface area (Å²) in [6.07, 6.45) is 1.29. The zero-order chi connectivity index (χ0) is 15.5. The fourth-order valence-corrected chi connectivity index (χ4v) is 2.40. The first-order chi connectivity index (χ1) is 9.89. The van der Waals surface area contributed by atoms with Gasteiger partial charge in [-0.1, -0.05) is 0 Å². The third-order valence-corrected chi connectivity index (χ3v) is 3.57. The zero-order valence-electron chi connectivity index (χ0n) is 13.0. The van der Waals surface area contributed by atoms with Crippen molar-refractivity contribution in [3.05, 3.63) is 12.1 Å². The van der Waals surface area contributed by atoms with Gasteiger partial charge in [-0.3, -0.25) is 0 Å². The van der Waals surface area contributed by atoms with Crippen LogP contribution in [0, 0.1) is 0 Å². The maximum absolute atomic E-state index is 10.6. The number of anilines is 2. The summed E-state index contributed by atoms with van der Waals surface area (Å²) < 4.78 is 10.9. The normalized spacial score (nSPS) is 17.8. The van der Waals surface area contributed by atoms with E-state index in [1.54, 1.807) is 6.07 Å². The predicted molar refractivity (Wildman–Crippen MR) is 82.7 cm³/mol. The molecule has 0 amide bonds. The number of nitrogen functional groups attached to an aromatic ring is 1. The van der Waals surface area contributed by atoms with Gasteiger partial charge in [0.2, 0.25) is 5.88 Å². The smallest absolute Gasteiger partial charge is 0.239 e. The van der Waals surface area contributed by atoms with Crippen molar-refractivity contribution >= 4 is 11.5 Å². The SMILES string of the molecule is CC(C)Oc1nc(N(C)CC2(O)CCOCC2)ccc1N. The Morgan fingerprint density at radius 1 is 1.43 bits per heavy atom. The number of hydrogen-bond donors (Lipinski definition) is 2. The maximum atomic E-state index is 10.6. The lowest BCUT2D eigenvalue weighted by atomic mass is 9.94. The molecule has 1 fully saturated rings. The van der Waals surface area contributed by atoms with Crippen LogP contribution in [-0.4, -0.2) is 48.6 Å². The molecule has 1 aliphatic rings. The second kappa shape index (κ2) is 6.49. The number of nitrogens with two attached hydrogens (primary N) is 1. The summed E-state index contributed by atoms with van der Waals surface area (Å²) in [6.45, 7) is 5.57. The van der Waals surface area contributed by atoms with Crippen LogP contribution in [0.2, 0.25) is 0 Å². The lowest BCUT2D eigenvalue weighted by Crippen LogP contribution is -2.46. The molecule has 0 aliphatic carbocycles. The van der Waals surface area contributed by atoms with Crippen LogP contribution >= 0.6 is 0 Å². The molecule has 0 atom stereocenters. The van der Waals surface area contributed by atoms with E-state index in [0.717, 1.165) is 5.82 Å². The summed E-state index contributed by atoms with van der Waals surface area (Å²) in [6, 6.07) is 3.62. The van der Waals surface area contributed by atoms with E-state index in [1.807, 2.05) is 31.9 Å². The van der Waals surface area contributed by atoms with E-state index in [1.165, 1.54) is 0 Å². The predicted octanol–water partition coefficient (Wildman–Crippen LogP) is 1.43. The second-order valence-corrected chi connectivity index (χ2v) is 5.92. The standard InChI is InChI=1S/C15H25N3O3/c1-11(2)21-14-12(16)4-5-13(17-14)18(3)10-15(19)6-8-20-9-7-15/h4-5,11,19H,6-10,16H2,1-3H3. The van der Waals surface area contributed by atoms with Crippen molar-refractivity contribution in [2.45, 2.75) is 38.4 Å². The van der Waals surface area contributed by atoms with E-state index >= 15 is 0 Å². The van der Waals surface area contributed by atoms with Crippen LogP contribution in [-0.2, 0) is 4.74 Å². The van der Waals surface area contributed by atoms with Crippen LogP contribution in [0.3, 0.4) is 0 Å². The third-order valence-electron chi connectivity index (χ3n) is 3.57.